The molecule has 80 valence electrons. The van der Waals surface area contributed by atoms with Crippen LogP contribution in [0.15, 0.2) is 53.0 Å². The third-order valence-corrected chi connectivity index (χ3v) is 2.25. The lowest BCUT2D eigenvalue weighted by atomic mass is 10.1. The molecular weight excluding hydrogens is 224 g/mol. The number of fused-ring (bicyclic) bond motifs is 2. The standard InChI is InChI=1S/C12H8N2O.ClH/c1-2-12-10(14-5-1)8-9-3-6-13-7-4-11(9)15-12;/h1-8H;1H. The molecule has 0 amide bonds. The zero-order valence-electron chi connectivity index (χ0n) is 8.33. The number of halogens is 1. The number of hydrogen-bond acceptors (Lipinski definition) is 3. The highest BCUT2D eigenvalue weighted by atomic mass is 35.5. The minimum Gasteiger partial charge on any atom is -0.454 e. The molecule has 0 aliphatic carbocycles. The predicted octanol–water partition coefficient (Wildman–Crippen LogP) is 2.76. The molecule has 4 heteroatoms. The maximum atomic E-state index is 5.70. The molecule has 16 heavy (non-hydrogen) atoms. The average molecular weight is 233 g/mol. The van der Waals surface area contributed by atoms with Crippen molar-refractivity contribution < 1.29 is 4.74 Å². The lowest BCUT2D eigenvalue weighted by molar-refractivity contribution is 0.432. The first-order valence-electron chi connectivity index (χ1n) is 4.68. The van der Waals surface area contributed by atoms with Gasteiger partial charge in [-0.15, -0.1) is 12.4 Å². The molecule has 0 radical (unpaired) electrons. The Morgan fingerprint density at radius 3 is 3.12 bits per heavy atom. The summed E-state index contributed by atoms with van der Waals surface area (Å²) in [5.74, 6) is 1.60. The van der Waals surface area contributed by atoms with Crippen LogP contribution in [-0.2, 0) is 0 Å². The van der Waals surface area contributed by atoms with Crippen LogP contribution in [-0.4, -0.2) is 11.2 Å². The summed E-state index contributed by atoms with van der Waals surface area (Å²) in [5.41, 5.74) is 1.86. The van der Waals surface area contributed by atoms with Gasteiger partial charge in [-0.05, 0) is 30.4 Å². The van der Waals surface area contributed by atoms with Crippen molar-refractivity contribution in [2.75, 3.05) is 0 Å². The molecule has 0 atom stereocenters. The van der Waals surface area contributed by atoms with Crippen LogP contribution in [0.5, 0.6) is 5.75 Å². The number of allylic oxidation sites excluding steroid dienone is 2. The van der Waals surface area contributed by atoms with E-state index in [1.165, 1.54) is 0 Å². The van der Waals surface area contributed by atoms with E-state index in [1.54, 1.807) is 18.6 Å². The number of aromatic nitrogens is 1. The van der Waals surface area contributed by atoms with Crippen LogP contribution >= 0.6 is 12.4 Å². The maximum Gasteiger partial charge on any atom is 0.153 e. The molecule has 3 heterocycles. The van der Waals surface area contributed by atoms with Crippen molar-refractivity contribution in [3.63, 3.8) is 0 Å². The van der Waals surface area contributed by atoms with Crippen molar-refractivity contribution in [2.24, 2.45) is 4.99 Å². The van der Waals surface area contributed by atoms with Crippen LogP contribution in [0.3, 0.4) is 0 Å². The van der Waals surface area contributed by atoms with Gasteiger partial charge in [0.1, 0.15) is 11.5 Å². The molecule has 2 aliphatic heterocycles. The van der Waals surface area contributed by atoms with Crippen LogP contribution in [0.1, 0.15) is 5.69 Å². The number of ether oxygens (including phenoxy) is 1. The van der Waals surface area contributed by atoms with Crippen molar-refractivity contribution >= 4 is 24.7 Å². The van der Waals surface area contributed by atoms with Gasteiger partial charge >= 0.3 is 0 Å². The Morgan fingerprint density at radius 1 is 1.25 bits per heavy atom. The lowest BCUT2D eigenvalue weighted by Crippen LogP contribution is -2.05. The smallest absolute Gasteiger partial charge is 0.153 e. The summed E-state index contributed by atoms with van der Waals surface area (Å²) in [6.45, 7) is 0. The van der Waals surface area contributed by atoms with Gasteiger partial charge in [0.15, 0.2) is 5.75 Å². The third kappa shape index (κ3) is 1.77. The summed E-state index contributed by atoms with van der Waals surface area (Å²) in [6, 6.07) is 3.76. The number of aliphatic imine (C=N–C) groups is 1. The van der Waals surface area contributed by atoms with Crippen molar-refractivity contribution in [3.8, 4) is 5.75 Å². The second kappa shape index (κ2) is 4.33. The molecule has 0 spiro atoms. The molecule has 0 saturated heterocycles. The van der Waals surface area contributed by atoms with Crippen LogP contribution in [0.2, 0.25) is 0 Å². The molecule has 0 aromatic carbocycles. The zero-order valence-corrected chi connectivity index (χ0v) is 9.15. The van der Waals surface area contributed by atoms with Crippen LogP contribution in [0.25, 0.3) is 6.08 Å². The van der Waals surface area contributed by atoms with Crippen molar-refractivity contribution in [1.82, 2.24) is 4.98 Å². The predicted molar refractivity (Wildman–Crippen MR) is 65.8 cm³/mol. The lowest BCUT2D eigenvalue weighted by Gasteiger charge is -2.16. The summed E-state index contributed by atoms with van der Waals surface area (Å²) in [7, 11) is 0. The van der Waals surface area contributed by atoms with E-state index in [0.717, 1.165) is 22.8 Å². The van der Waals surface area contributed by atoms with Gasteiger partial charge in [0.2, 0.25) is 0 Å². The van der Waals surface area contributed by atoms with E-state index in [-0.39, 0.29) is 12.4 Å². The van der Waals surface area contributed by atoms with Crippen molar-refractivity contribution in [2.45, 2.75) is 0 Å². The van der Waals surface area contributed by atoms with Gasteiger partial charge in [0, 0.05) is 24.2 Å². The Balaban J connectivity index is 0.000000963. The summed E-state index contributed by atoms with van der Waals surface area (Å²) in [4.78, 5) is 8.27. The van der Waals surface area contributed by atoms with E-state index in [2.05, 4.69) is 9.98 Å². The number of hydrogen-bond donors (Lipinski definition) is 0. The first-order valence-corrected chi connectivity index (χ1v) is 4.68. The first-order chi connectivity index (χ1) is 7.43. The van der Waals surface area contributed by atoms with Crippen LogP contribution < -0.4 is 4.74 Å². The monoisotopic (exact) mass is 232 g/mol. The van der Waals surface area contributed by atoms with E-state index in [9.17, 15) is 0 Å². The molecule has 3 rings (SSSR count). The normalized spacial score (nSPS) is 15.8. The first kappa shape index (κ1) is 10.6. The van der Waals surface area contributed by atoms with E-state index < -0.39 is 0 Å². The number of nitrogens with zero attached hydrogens (tertiary/aromatic N) is 2. The highest BCUT2D eigenvalue weighted by Gasteiger charge is 2.15. The highest BCUT2D eigenvalue weighted by molar-refractivity contribution is 5.85. The van der Waals surface area contributed by atoms with E-state index in [4.69, 9.17) is 4.74 Å². The second-order valence-corrected chi connectivity index (χ2v) is 3.23. The van der Waals surface area contributed by atoms with Gasteiger partial charge in [0.25, 0.3) is 0 Å². The molecule has 0 bridgehead atoms. The topological polar surface area (TPSA) is 34.5 Å². The van der Waals surface area contributed by atoms with Gasteiger partial charge < -0.3 is 4.74 Å². The molecule has 2 aliphatic rings. The minimum absolute atomic E-state index is 0. The molecule has 1 aromatic rings. The largest absolute Gasteiger partial charge is 0.454 e. The molecule has 0 unspecified atom stereocenters. The van der Waals surface area contributed by atoms with Gasteiger partial charge in [-0.1, -0.05) is 0 Å². The summed E-state index contributed by atoms with van der Waals surface area (Å²) in [5, 5.41) is 0. The van der Waals surface area contributed by atoms with Crippen molar-refractivity contribution in [3.05, 3.63) is 53.7 Å². The molecule has 0 fully saturated rings. The molecule has 1 aromatic heterocycles. The highest BCUT2D eigenvalue weighted by Crippen LogP contribution is 2.30. The second-order valence-electron chi connectivity index (χ2n) is 3.23. The number of rotatable bonds is 0. The molecule has 3 nitrogen and oxygen atoms in total. The van der Waals surface area contributed by atoms with E-state index in [0.29, 0.717) is 0 Å². The number of pyridine rings is 1. The Bertz CT molecular complexity index is 530. The van der Waals surface area contributed by atoms with Gasteiger partial charge in [-0.3, -0.25) is 9.98 Å². The summed E-state index contributed by atoms with van der Waals surface area (Å²) in [6.07, 6.45) is 11.0. The van der Waals surface area contributed by atoms with E-state index >= 15 is 0 Å². The maximum absolute atomic E-state index is 5.70. The Hall–Kier alpha value is -1.87. The fourth-order valence-corrected chi connectivity index (χ4v) is 1.54. The van der Waals surface area contributed by atoms with Crippen LogP contribution in [0.4, 0.5) is 0 Å². The Morgan fingerprint density at radius 2 is 2.19 bits per heavy atom. The molecule has 0 N–H and O–H groups in total. The zero-order chi connectivity index (χ0) is 10.1. The van der Waals surface area contributed by atoms with Crippen molar-refractivity contribution in [1.29, 1.82) is 0 Å². The Labute approximate surface area is 99.3 Å². The minimum atomic E-state index is 0. The SMILES string of the molecule is C1=CC2=Cc3ncccc3OC2=CC=N1.Cl. The van der Waals surface area contributed by atoms with Crippen LogP contribution in [0, 0.1) is 0 Å². The molecular formula is C12H9ClN2O. The third-order valence-electron chi connectivity index (χ3n) is 2.25. The average Bonchev–Trinajstić information content (AvgIpc) is 2.50. The van der Waals surface area contributed by atoms with Gasteiger partial charge in [-0.2, -0.15) is 0 Å². The fraction of sp³-hybridized carbons (Fsp3) is 0. The van der Waals surface area contributed by atoms with Gasteiger partial charge in [-0.25, -0.2) is 0 Å². The van der Waals surface area contributed by atoms with E-state index in [1.807, 2.05) is 30.4 Å². The fourth-order valence-electron chi connectivity index (χ4n) is 1.54. The summed E-state index contributed by atoms with van der Waals surface area (Å²) >= 11 is 0. The van der Waals surface area contributed by atoms with Gasteiger partial charge in [0.05, 0.1) is 0 Å². The Kier molecular flexibility index (Phi) is 2.88. The summed E-state index contributed by atoms with van der Waals surface area (Å²) < 4.78 is 5.70. The molecule has 0 saturated carbocycles. The quantitative estimate of drug-likeness (QED) is 0.689.